The maximum Gasteiger partial charge on any atom is 0.114 e. The quantitative estimate of drug-likeness (QED) is 0.333. The van der Waals surface area contributed by atoms with Crippen LogP contribution in [0.3, 0.4) is 0 Å². The van der Waals surface area contributed by atoms with E-state index < -0.39 is 0 Å². The molecule has 0 spiro atoms. The second-order valence-electron chi connectivity index (χ2n) is 2.65. The highest BCUT2D eigenvalue weighted by atomic mass is 15.1. The lowest BCUT2D eigenvalue weighted by Crippen LogP contribution is -2.08. The summed E-state index contributed by atoms with van der Waals surface area (Å²) in [5.74, 6) is 4.87. The van der Waals surface area contributed by atoms with Crippen molar-refractivity contribution in [3.05, 3.63) is 0 Å². The van der Waals surface area contributed by atoms with Crippen LogP contribution < -0.4 is 5.84 Å². The van der Waals surface area contributed by atoms with Gasteiger partial charge in [0, 0.05) is 0 Å². The molecule has 0 aromatic carbocycles. The average molecular weight is 139 g/mol. The Morgan fingerprint density at radius 2 is 1.90 bits per heavy atom. The molecule has 0 aliphatic heterocycles. The van der Waals surface area contributed by atoms with Crippen LogP contribution in [0.25, 0.3) is 0 Å². The highest BCUT2D eigenvalue weighted by Gasteiger charge is 2.10. The van der Waals surface area contributed by atoms with Crippen molar-refractivity contribution >= 4 is 6.01 Å². The first-order chi connectivity index (χ1) is 4.93. The Morgan fingerprint density at radius 3 is 2.50 bits per heavy atom. The molecule has 1 rings (SSSR count). The Bertz CT molecular complexity index is 141. The van der Waals surface area contributed by atoms with E-state index in [2.05, 4.69) is 16.1 Å². The zero-order valence-corrected chi connectivity index (χ0v) is 6.08. The number of aliphatic imine (C=N–C) groups is 1. The Labute approximate surface area is 61.0 Å². The Morgan fingerprint density at radius 1 is 1.20 bits per heavy atom. The van der Waals surface area contributed by atoms with Crippen molar-refractivity contribution in [1.82, 2.24) is 0 Å². The van der Waals surface area contributed by atoms with Gasteiger partial charge in [0.2, 0.25) is 0 Å². The summed E-state index contributed by atoms with van der Waals surface area (Å²) >= 11 is 0. The molecule has 0 aromatic rings. The fourth-order valence-corrected chi connectivity index (χ4v) is 1.33. The van der Waals surface area contributed by atoms with Crippen molar-refractivity contribution in [3.8, 4) is 0 Å². The second kappa shape index (κ2) is 4.07. The van der Waals surface area contributed by atoms with E-state index in [1.807, 2.05) is 0 Å². The summed E-state index contributed by atoms with van der Waals surface area (Å²) < 4.78 is 0. The summed E-state index contributed by atoms with van der Waals surface area (Å²) in [4.78, 5) is 4.06. The minimum atomic E-state index is 0.445. The zero-order valence-electron chi connectivity index (χ0n) is 6.08. The summed E-state index contributed by atoms with van der Waals surface area (Å²) in [6.07, 6.45) is 6.30. The van der Waals surface area contributed by atoms with Gasteiger partial charge >= 0.3 is 0 Å². The molecule has 0 atom stereocenters. The third-order valence-electron chi connectivity index (χ3n) is 1.87. The number of hydrazone groups is 1. The van der Waals surface area contributed by atoms with Gasteiger partial charge in [0.05, 0.1) is 6.04 Å². The van der Waals surface area contributed by atoms with Crippen LogP contribution in [-0.4, -0.2) is 12.1 Å². The van der Waals surface area contributed by atoms with Crippen molar-refractivity contribution in [2.75, 3.05) is 0 Å². The first-order valence-electron chi connectivity index (χ1n) is 3.78. The van der Waals surface area contributed by atoms with Crippen LogP contribution >= 0.6 is 0 Å². The van der Waals surface area contributed by atoms with E-state index in [1.54, 1.807) is 0 Å². The number of hydrogen-bond acceptors (Lipinski definition) is 3. The Balaban J connectivity index is 2.32. The maximum atomic E-state index is 4.87. The van der Waals surface area contributed by atoms with E-state index in [4.69, 9.17) is 5.84 Å². The van der Waals surface area contributed by atoms with Crippen molar-refractivity contribution in [2.45, 2.75) is 38.1 Å². The standard InChI is InChI=1S/C7H13N3/c8-10-6-9-7-4-2-1-3-5-7/h7H,1-5,8H2. The van der Waals surface area contributed by atoms with Crippen molar-refractivity contribution < 1.29 is 0 Å². The van der Waals surface area contributed by atoms with Crippen LogP contribution in [-0.2, 0) is 0 Å². The second-order valence-corrected chi connectivity index (χ2v) is 2.65. The fraction of sp³-hybridized carbons (Fsp3) is 0.857. The van der Waals surface area contributed by atoms with E-state index in [9.17, 15) is 0 Å². The average Bonchev–Trinajstić information content (AvgIpc) is 2.03. The summed E-state index contributed by atoms with van der Waals surface area (Å²) in [6.45, 7) is 0. The van der Waals surface area contributed by atoms with Crippen LogP contribution in [0.1, 0.15) is 32.1 Å². The van der Waals surface area contributed by atoms with E-state index in [0.29, 0.717) is 6.04 Å². The maximum absolute atomic E-state index is 4.87. The minimum absolute atomic E-state index is 0.445. The van der Waals surface area contributed by atoms with E-state index in [1.165, 1.54) is 32.1 Å². The van der Waals surface area contributed by atoms with Gasteiger partial charge in [0.15, 0.2) is 0 Å². The summed E-state index contributed by atoms with van der Waals surface area (Å²) in [5, 5.41) is 3.21. The van der Waals surface area contributed by atoms with Gasteiger partial charge in [-0.3, -0.25) is 0 Å². The van der Waals surface area contributed by atoms with Crippen LogP contribution in [0, 0.1) is 0 Å². The van der Waals surface area contributed by atoms with E-state index >= 15 is 0 Å². The van der Waals surface area contributed by atoms with E-state index in [-0.39, 0.29) is 0 Å². The molecule has 1 aliphatic rings. The lowest BCUT2D eigenvalue weighted by Gasteiger charge is -2.15. The van der Waals surface area contributed by atoms with E-state index in [0.717, 1.165) is 0 Å². The summed E-state index contributed by atoms with van der Waals surface area (Å²) in [7, 11) is 0. The molecule has 2 N–H and O–H groups in total. The topological polar surface area (TPSA) is 50.7 Å². The molecule has 0 radical (unpaired) electrons. The largest absolute Gasteiger partial charge is 0.314 e. The van der Waals surface area contributed by atoms with Gasteiger partial charge in [-0.1, -0.05) is 19.3 Å². The smallest absolute Gasteiger partial charge is 0.114 e. The molecule has 0 saturated heterocycles. The molecule has 3 heteroatoms. The van der Waals surface area contributed by atoms with Crippen LogP contribution in [0.5, 0.6) is 0 Å². The lowest BCUT2D eigenvalue weighted by molar-refractivity contribution is 0.444. The van der Waals surface area contributed by atoms with Gasteiger partial charge in [-0.05, 0) is 12.8 Å². The number of nitrogens with two attached hydrogens (primary N) is 1. The monoisotopic (exact) mass is 139 g/mol. The normalized spacial score (nSPS) is 19.6. The van der Waals surface area contributed by atoms with Gasteiger partial charge < -0.3 is 5.84 Å². The molecule has 0 bridgehead atoms. The zero-order chi connectivity index (χ0) is 7.23. The molecule has 10 heavy (non-hydrogen) atoms. The molecule has 1 saturated carbocycles. The summed E-state index contributed by atoms with van der Waals surface area (Å²) in [6, 6.07) is 2.89. The molecule has 0 heterocycles. The molecular weight excluding hydrogens is 126 g/mol. The Kier molecular flexibility index (Phi) is 2.97. The fourth-order valence-electron chi connectivity index (χ4n) is 1.33. The molecular formula is C7H13N3. The Hall–Kier alpha value is -0.820. The van der Waals surface area contributed by atoms with Gasteiger partial charge in [-0.25, -0.2) is 4.99 Å². The molecule has 0 aromatic heterocycles. The van der Waals surface area contributed by atoms with Crippen LogP contribution in [0.4, 0.5) is 0 Å². The van der Waals surface area contributed by atoms with Gasteiger partial charge in [-0.15, -0.1) is 5.10 Å². The lowest BCUT2D eigenvalue weighted by atomic mass is 9.96. The molecule has 0 amide bonds. The molecule has 0 unspecified atom stereocenters. The van der Waals surface area contributed by atoms with Gasteiger partial charge in [0.25, 0.3) is 0 Å². The van der Waals surface area contributed by atoms with Gasteiger partial charge in [0.1, 0.15) is 6.01 Å². The number of nitrogens with zero attached hydrogens (tertiary/aromatic N) is 2. The predicted octanol–water partition coefficient (Wildman–Crippen LogP) is 1.37. The molecule has 1 fully saturated rings. The van der Waals surface area contributed by atoms with Gasteiger partial charge in [-0.2, -0.15) is 0 Å². The number of hydrogen-bond donors (Lipinski definition) is 1. The molecule has 56 valence electrons. The van der Waals surface area contributed by atoms with Crippen molar-refractivity contribution in [1.29, 1.82) is 0 Å². The number of rotatable bonds is 1. The third kappa shape index (κ3) is 2.19. The first-order valence-corrected chi connectivity index (χ1v) is 3.78. The highest BCUT2D eigenvalue weighted by Crippen LogP contribution is 2.19. The SMILES string of the molecule is NN=C=NC1CCCCC1. The first kappa shape index (κ1) is 7.29. The third-order valence-corrected chi connectivity index (χ3v) is 1.87. The van der Waals surface area contributed by atoms with Crippen molar-refractivity contribution in [3.63, 3.8) is 0 Å². The predicted molar refractivity (Wildman–Crippen MR) is 40.9 cm³/mol. The highest BCUT2D eigenvalue weighted by molar-refractivity contribution is 5.40. The van der Waals surface area contributed by atoms with Crippen molar-refractivity contribution in [2.24, 2.45) is 15.9 Å². The minimum Gasteiger partial charge on any atom is -0.314 e. The van der Waals surface area contributed by atoms with Crippen LogP contribution in [0.15, 0.2) is 10.1 Å². The summed E-state index contributed by atoms with van der Waals surface area (Å²) in [5.41, 5.74) is 0. The molecule has 1 aliphatic carbocycles. The van der Waals surface area contributed by atoms with Crippen LogP contribution in [0.2, 0.25) is 0 Å². The molecule has 3 nitrogen and oxygen atoms in total.